The van der Waals surface area contributed by atoms with Crippen LogP contribution in [0.3, 0.4) is 0 Å². The minimum Gasteiger partial charge on any atom is -0.384 e. The monoisotopic (exact) mass is 303 g/mol. The first-order valence-electron chi connectivity index (χ1n) is 5.66. The standard InChI is InChI=1S/C11H12F3N5S/c1-5-4-16-9(20-5)6(2)17-8-3-7(15)18-10(19-8)11(12,13)14/h3-4,6H,1-2H3,(H3,15,17,18,19). The van der Waals surface area contributed by atoms with Crippen molar-refractivity contribution in [1.82, 2.24) is 15.0 Å². The SMILES string of the molecule is Cc1cnc(C(C)Nc2cc(N)nc(C(F)(F)F)n2)s1. The summed E-state index contributed by atoms with van der Waals surface area (Å²) in [5.41, 5.74) is 5.37. The molecule has 0 fully saturated rings. The molecule has 0 bridgehead atoms. The Morgan fingerprint density at radius 1 is 1.35 bits per heavy atom. The molecule has 5 nitrogen and oxygen atoms in total. The Bertz CT molecular complexity index is 610. The molecule has 3 N–H and O–H groups in total. The van der Waals surface area contributed by atoms with E-state index in [2.05, 4.69) is 20.3 Å². The van der Waals surface area contributed by atoms with Gasteiger partial charge in [0.15, 0.2) is 0 Å². The van der Waals surface area contributed by atoms with Crippen molar-refractivity contribution in [3.05, 3.63) is 28.0 Å². The highest BCUT2D eigenvalue weighted by Crippen LogP contribution is 2.29. The number of alkyl halides is 3. The van der Waals surface area contributed by atoms with Crippen molar-refractivity contribution in [1.29, 1.82) is 0 Å². The number of rotatable bonds is 3. The third-order valence-corrected chi connectivity index (χ3v) is 3.47. The third kappa shape index (κ3) is 3.35. The van der Waals surface area contributed by atoms with Crippen LogP contribution < -0.4 is 11.1 Å². The Kier molecular flexibility index (Phi) is 3.80. The minimum absolute atomic E-state index is 0.0187. The predicted octanol–water partition coefficient (Wildman–Crippen LogP) is 3.02. The molecule has 0 amide bonds. The quantitative estimate of drug-likeness (QED) is 0.911. The molecule has 0 saturated carbocycles. The first-order valence-corrected chi connectivity index (χ1v) is 6.48. The van der Waals surface area contributed by atoms with Crippen LogP contribution in [0.5, 0.6) is 0 Å². The van der Waals surface area contributed by atoms with Crippen molar-refractivity contribution in [2.45, 2.75) is 26.1 Å². The number of nitrogens with zero attached hydrogens (tertiary/aromatic N) is 3. The van der Waals surface area contributed by atoms with Crippen molar-refractivity contribution in [3.63, 3.8) is 0 Å². The second-order valence-electron chi connectivity index (χ2n) is 4.17. The van der Waals surface area contributed by atoms with Crippen LogP contribution in [0.1, 0.15) is 28.7 Å². The molecule has 9 heteroatoms. The van der Waals surface area contributed by atoms with Crippen LogP contribution in [0.25, 0.3) is 0 Å². The van der Waals surface area contributed by atoms with Crippen molar-refractivity contribution in [2.24, 2.45) is 0 Å². The van der Waals surface area contributed by atoms with Gasteiger partial charge < -0.3 is 11.1 Å². The summed E-state index contributed by atoms with van der Waals surface area (Å²) < 4.78 is 37.8. The lowest BCUT2D eigenvalue weighted by atomic mass is 10.3. The van der Waals surface area contributed by atoms with E-state index in [1.54, 1.807) is 13.1 Å². The normalized spacial score (nSPS) is 13.2. The number of hydrogen-bond donors (Lipinski definition) is 2. The highest BCUT2D eigenvalue weighted by atomic mass is 32.1. The van der Waals surface area contributed by atoms with Crippen LogP contribution in [0.15, 0.2) is 12.3 Å². The van der Waals surface area contributed by atoms with Gasteiger partial charge >= 0.3 is 6.18 Å². The van der Waals surface area contributed by atoms with Gasteiger partial charge in [0, 0.05) is 17.1 Å². The maximum atomic E-state index is 12.6. The number of nitrogen functional groups attached to an aromatic ring is 1. The fourth-order valence-corrected chi connectivity index (χ4v) is 2.30. The number of aromatic nitrogens is 3. The Balaban J connectivity index is 2.23. The largest absolute Gasteiger partial charge is 0.451 e. The van der Waals surface area contributed by atoms with Crippen molar-refractivity contribution in [3.8, 4) is 0 Å². The maximum Gasteiger partial charge on any atom is 0.451 e. The third-order valence-electron chi connectivity index (χ3n) is 2.37. The molecule has 1 unspecified atom stereocenters. The van der Waals surface area contributed by atoms with Crippen molar-refractivity contribution < 1.29 is 13.2 Å². The number of hydrogen-bond acceptors (Lipinski definition) is 6. The van der Waals surface area contributed by atoms with E-state index in [4.69, 9.17) is 5.73 Å². The molecule has 0 spiro atoms. The van der Waals surface area contributed by atoms with Crippen LogP contribution in [-0.4, -0.2) is 15.0 Å². The number of anilines is 2. The smallest absolute Gasteiger partial charge is 0.384 e. The molecule has 0 aromatic carbocycles. The lowest BCUT2D eigenvalue weighted by Gasteiger charge is -2.14. The number of nitrogens with two attached hydrogens (primary N) is 1. The Morgan fingerprint density at radius 2 is 2.05 bits per heavy atom. The summed E-state index contributed by atoms with van der Waals surface area (Å²) in [6.07, 6.45) is -2.93. The first-order chi connectivity index (χ1) is 9.25. The van der Waals surface area contributed by atoms with Gasteiger partial charge in [-0.15, -0.1) is 11.3 Å². The molecule has 2 rings (SSSR count). The van der Waals surface area contributed by atoms with Gasteiger partial charge in [0.1, 0.15) is 16.6 Å². The fraction of sp³-hybridized carbons (Fsp3) is 0.364. The van der Waals surface area contributed by atoms with Crippen LogP contribution in [0.4, 0.5) is 24.8 Å². The van der Waals surface area contributed by atoms with Gasteiger partial charge in [-0.3, -0.25) is 0 Å². The summed E-state index contributed by atoms with van der Waals surface area (Å²) in [6.45, 7) is 3.68. The van der Waals surface area contributed by atoms with E-state index in [1.807, 2.05) is 6.92 Å². The van der Waals surface area contributed by atoms with Gasteiger partial charge in [0.05, 0.1) is 6.04 Å². The molecular formula is C11H12F3N5S. The van der Waals surface area contributed by atoms with Crippen LogP contribution in [0.2, 0.25) is 0 Å². The highest BCUT2D eigenvalue weighted by molar-refractivity contribution is 7.11. The zero-order chi connectivity index (χ0) is 14.9. The van der Waals surface area contributed by atoms with Gasteiger partial charge in [0.2, 0.25) is 5.82 Å². The summed E-state index contributed by atoms with van der Waals surface area (Å²) >= 11 is 1.46. The summed E-state index contributed by atoms with van der Waals surface area (Å²) in [5.74, 6) is -1.48. The average Bonchev–Trinajstić information content (AvgIpc) is 2.74. The van der Waals surface area contributed by atoms with E-state index in [1.165, 1.54) is 17.4 Å². The van der Waals surface area contributed by atoms with Gasteiger partial charge in [-0.05, 0) is 13.8 Å². The number of thiazole rings is 1. The van der Waals surface area contributed by atoms with E-state index in [0.717, 1.165) is 9.88 Å². The Hall–Kier alpha value is -1.90. The summed E-state index contributed by atoms with van der Waals surface area (Å²) in [6, 6.07) is 0.982. The number of aryl methyl sites for hydroxylation is 1. The van der Waals surface area contributed by atoms with E-state index in [9.17, 15) is 13.2 Å². The number of nitrogens with one attached hydrogen (secondary N) is 1. The molecular weight excluding hydrogens is 291 g/mol. The lowest BCUT2D eigenvalue weighted by Crippen LogP contribution is -2.15. The van der Waals surface area contributed by atoms with Crippen LogP contribution >= 0.6 is 11.3 Å². The molecule has 0 radical (unpaired) electrons. The van der Waals surface area contributed by atoms with E-state index in [-0.39, 0.29) is 17.7 Å². The Morgan fingerprint density at radius 3 is 2.60 bits per heavy atom. The molecule has 0 aliphatic rings. The molecule has 0 aliphatic carbocycles. The lowest BCUT2D eigenvalue weighted by molar-refractivity contribution is -0.144. The first kappa shape index (κ1) is 14.5. The molecule has 2 aromatic rings. The average molecular weight is 303 g/mol. The molecule has 0 saturated heterocycles. The van der Waals surface area contributed by atoms with Gasteiger partial charge in [0.25, 0.3) is 0 Å². The van der Waals surface area contributed by atoms with E-state index >= 15 is 0 Å². The van der Waals surface area contributed by atoms with Gasteiger partial charge in [-0.2, -0.15) is 13.2 Å². The zero-order valence-corrected chi connectivity index (χ0v) is 11.5. The zero-order valence-electron chi connectivity index (χ0n) is 10.7. The molecule has 108 valence electrons. The van der Waals surface area contributed by atoms with Crippen molar-refractivity contribution >= 4 is 23.0 Å². The molecule has 1 atom stereocenters. The van der Waals surface area contributed by atoms with Crippen LogP contribution in [-0.2, 0) is 6.18 Å². The molecule has 0 aliphatic heterocycles. The minimum atomic E-state index is -4.63. The maximum absolute atomic E-state index is 12.6. The molecule has 2 heterocycles. The summed E-state index contributed by atoms with van der Waals surface area (Å²) in [7, 11) is 0. The summed E-state index contributed by atoms with van der Waals surface area (Å²) in [5, 5.41) is 3.60. The second kappa shape index (κ2) is 5.23. The highest BCUT2D eigenvalue weighted by Gasteiger charge is 2.35. The van der Waals surface area contributed by atoms with Crippen molar-refractivity contribution in [2.75, 3.05) is 11.1 Å². The fourth-order valence-electron chi connectivity index (χ4n) is 1.52. The van der Waals surface area contributed by atoms with E-state index in [0.29, 0.717) is 0 Å². The Labute approximate surface area is 117 Å². The van der Waals surface area contributed by atoms with Gasteiger partial charge in [-0.25, -0.2) is 15.0 Å². The molecule has 2 aromatic heterocycles. The molecule has 20 heavy (non-hydrogen) atoms. The number of halogens is 3. The predicted molar refractivity (Wildman–Crippen MR) is 70.3 cm³/mol. The van der Waals surface area contributed by atoms with Crippen LogP contribution in [0, 0.1) is 6.92 Å². The second-order valence-corrected chi connectivity index (χ2v) is 5.44. The topological polar surface area (TPSA) is 76.7 Å². The van der Waals surface area contributed by atoms with E-state index < -0.39 is 12.0 Å². The van der Waals surface area contributed by atoms with Gasteiger partial charge in [-0.1, -0.05) is 0 Å². The summed E-state index contributed by atoms with van der Waals surface area (Å²) in [4.78, 5) is 11.8.